The van der Waals surface area contributed by atoms with Crippen LogP contribution < -0.4 is 5.32 Å². The van der Waals surface area contributed by atoms with E-state index in [1.54, 1.807) is 24.3 Å². The molecule has 1 saturated heterocycles. The molecule has 1 unspecified atom stereocenters. The second-order valence-electron chi connectivity index (χ2n) is 6.64. The number of likely N-dealkylation sites (tertiary alicyclic amines) is 1. The molecular weight excluding hydrogens is 290 g/mol. The van der Waals surface area contributed by atoms with Crippen LogP contribution in [0.3, 0.4) is 0 Å². The Labute approximate surface area is 138 Å². The van der Waals surface area contributed by atoms with Crippen LogP contribution in [-0.2, 0) is 0 Å². The average molecular weight is 317 g/mol. The van der Waals surface area contributed by atoms with Crippen molar-refractivity contribution in [2.24, 2.45) is 5.92 Å². The molecule has 1 atom stereocenters. The van der Waals surface area contributed by atoms with Gasteiger partial charge in [-0.1, -0.05) is 13.0 Å². The number of nitrogens with zero attached hydrogens (tertiary/aromatic N) is 2. The lowest BCUT2D eigenvalue weighted by molar-refractivity contribution is 0.0683. The molecule has 5 nitrogen and oxygen atoms in total. The molecule has 23 heavy (non-hydrogen) atoms. The number of piperidine rings is 1. The number of hydrogen-bond donors (Lipinski definition) is 1. The van der Waals surface area contributed by atoms with Crippen LogP contribution in [0.25, 0.3) is 0 Å². The van der Waals surface area contributed by atoms with Gasteiger partial charge in [0.05, 0.1) is 0 Å². The van der Waals surface area contributed by atoms with Gasteiger partial charge in [-0.25, -0.2) is 0 Å². The van der Waals surface area contributed by atoms with Crippen LogP contribution in [0.15, 0.2) is 24.3 Å². The number of rotatable bonds is 5. The Morgan fingerprint density at radius 2 is 2.04 bits per heavy atom. The summed E-state index contributed by atoms with van der Waals surface area (Å²) in [6, 6.07) is 7.02. The minimum atomic E-state index is -0.131. The van der Waals surface area contributed by atoms with Gasteiger partial charge >= 0.3 is 0 Å². The first-order valence-electron chi connectivity index (χ1n) is 8.29. The van der Waals surface area contributed by atoms with Gasteiger partial charge in [-0.15, -0.1) is 0 Å². The van der Waals surface area contributed by atoms with Gasteiger partial charge < -0.3 is 15.1 Å². The topological polar surface area (TPSA) is 52.7 Å². The van der Waals surface area contributed by atoms with Gasteiger partial charge in [0.25, 0.3) is 11.8 Å². The van der Waals surface area contributed by atoms with Crippen molar-refractivity contribution in [3.8, 4) is 0 Å². The van der Waals surface area contributed by atoms with Crippen molar-refractivity contribution in [3.05, 3.63) is 35.4 Å². The Balaban J connectivity index is 2.01. The van der Waals surface area contributed by atoms with Gasteiger partial charge in [0.1, 0.15) is 0 Å². The van der Waals surface area contributed by atoms with Crippen molar-refractivity contribution in [2.75, 3.05) is 40.3 Å². The van der Waals surface area contributed by atoms with E-state index >= 15 is 0 Å². The smallest absolute Gasteiger partial charge is 0.253 e. The molecule has 1 aliphatic rings. The van der Waals surface area contributed by atoms with E-state index in [0.717, 1.165) is 26.1 Å². The van der Waals surface area contributed by atoms with Crippen LogP contribution in [0, 0.1) is 5.92 Å². The molecule has 0 aliphatic carbocycles. The van der Waals surface area contributed by atoms with E-state index in [9.17, 15) is 9.59 Å². The van der Waals surface area contributed by atoms with E-state index < -0.39 is 0 Å². The highest BCUT2D eigenvalue weighted by Crippen LogP contribution is 2.18. The standard InChI is InChI=1S/C18H27N3O2/c1-14-6-5-10-21(13-14)18(23)16-8-4-7-15(12-16)17(22)19-9-11-20(2)3/h4,7-8,12,14H,5-6,9-11,13H2,1-3H3,(H,19,22). The normalized spacial score (nSPS) is 18.1. The van der Waals surface area contributed by atoms with E-state index in [1.165, 1.54) is 6.42 Å². The summed E-state index contributed by atoms with van der Waals surface area (Å²) in [6.45, 7) is 5.16. The molecular formula is C18H27N3O2. The first kappa shape index (κ1) is 17.5. The molecule has 1 aliphatic heterocycles. The molecule has 2 rings (SSSR count). The SMILES string of the molecule is CC1CCCN(C(=O)c2cccc(C(=O)NCCN(C)C)c2)C1. The van der Waals surface area contributed by atoms with Gasteiger partial charge in [-0.05, 0) is 51.1 Å². The first-order chi connectivity index (χ1) is 11.0. The molecule has 0 spiro atoms. The molecule has 1 aromatic carbocycles. The maximum Gasteiger partial charge on any atom is 0.253 e. The lowest BCUT2D eigenvalue weighted by Crippen LogP contribution is -2.39. The molecule has 1 heterocycles. The Morgan fingerprint density at radius 1 is 1.30 bits per heavy atom. The molecule has 1 fully saturated rings. The third-order valence-corrected chi connectivity index (χ3v) is 4.16. The summed E-state index contributed by atoms with van der Waals surface area (Å²) in [4.78, 5) is 28.7. The highest BCUT2D eigenvalue weighted by molar-refractivity contribution is 5.99. The minimum absolute atomic E-state index is 0.0273. The van der Waals surface area contributed by atoms with Gasteiger partial charge in [0, 0.05) is 37.3 Å². The number of hydrogen-bond acceptors (Lipinski definition) is 3. The maximum atomic E-state index is 12.6. The molecule has 1 N–H and O–H groups in total. The summed E-state index contributed by atoms with van der Waals surface area (Å²) in [5.74, 6) is 0.443. The lowest BCUT2D eigenvalue weighted by Gasteiger charge is -2.31. The summed E-state index contributed by atoms with van der Waals surface area (Å²) in [5, 5.41) is 2.88. The summed E-state index contributed by atoms with van der Waals surface area (Å²) < 4.78 is 0. The third kappa shape index (κ3) is 5.06. The largest absolute Gasteiger partial charge is 0.351 e. The zero-order valence-corrected chi connectivity index (χ0v) is 14.3. The van der Waals surface area contributed by atoms with Crippen molar-refractivity contribution in [1.29, 1.82) is 0 Å². The average Bonchev–Trinajstić information content (AvgIpc) is 2.54. The van der Waals surface area contributed by atoms with Crippen molar-refractivity contribution < 1.29 is 9.59 Å². The van der Waals surface area contributed by atoms with E-state index in [1.807, 2.05) is 23.9 Å². The predicted molar refractivity (Wildman–Crippen MR) is 91.6 cm³/mol. The lowest BCUT2D eigenvalue weighted by atomic mass is 9.99. The first-order valence-corrected chi connectivity index (χ1v) is 8.29. The van der Waals surface area contributed by atoms with Crippen LogP contribution in [0.1, 0.15) is 40.5 Å². The Morgan fingerprint density at radius 3 is 2.74 bits per heavy atom. The zero-order valence-electron chi connectivity index (χ0n) is 14.3. The second-order valence-corrected chi connectivity index (χ2v) is 6.64. The number of carbonyl (C=O) groups is 2. The van der Waals surface area contributed by atoms with Crippen molar-refractivity contribution in [1.82, 2.24) is 15.1 Å². The minimum Gasteiger partial charge on any atom is -0.351 e. The number of amides is 2. The Kier molecular flexibility index (Phi) is 6.16. The van der Waals surface area contributed by atoms with Gasteiger partial charge in [-0.2, -0.15) is 0 Å². The molecule has 5 heteroatoms. The predicted octanol–water partition coefficient (Wildman–Crippen LogP) is 1.85. The van der Waals surface area contributed by atoms with E-state index in [-0.39, 0.29) is 11.8 Å². The summed E-state index contributed by atoms with van der Waals surface area (Å²) in [5.41, 5.74) is 1.14. The number of carbonyl (C=O) groups excluding carboxylic acids is 2. The highest BCUT2D eigenvalue weighted by atomic mass is 16.2. The summed E-state index contributed by atoms with van der Waals surface area (Å²) in [7, 11) is 3.93. The van der Waals surface area contributed by atoms with Gasteiger partial charge in [0.15, 0.2) is 0 Å². The molecule has 0 saturated carbocycles. The van der Waals surface area contributed by atoms with Crippen molar-refractivity contribution in [3.63, 3.8) is 0 Å². The number of benzene rings is 1. The highest BCUT2D eigenvalue weighted by Gasteiger charge is 2.22. The molecule has 0 bridgehead atoms. The fraction of sp³-hybridized carbons (Fsp3) is 0.556. The van der Waals surface area contributed by atoms with Crippen LogP contribution in [-0.4, -0.2) is 61.9 Å². The fourth-order valence-corrected chi connectivity index (χ4v) is 2.85. The maximum absolute atomic E-state index is 12.6. The van der Waals surface area contributed by atoms with Crippen LogP contribution in [0.4, 0.5) is 0 Å². The van der Waals surface area contributed by atoms with E-state index in [0.29, 0.717) is 23.6 Å². The van der Waals surface area contributed by atoms with Gasteiger partial charge in [-0.3, -0.25) is 9.59 Å². The molecule has 1 aromatic rings. The second kappa shape index (κ2) is 8.11. The van der Waals surface area contributed by atoms with Crippen molar-refractivity contribution >= 4 is 11.8 Å². The van der Waals surface area contributed by atoms with Crippen LogP contribution >= 0.6 is 0 Å². The van der Waals surface area contributed by atoms with Crippen molar-refractivity contribution in [2.45, 2.75) is 19.8 Å². The number of nitrogens with one attached hydrogen (secondary N) is 1. The zero-order chi connectivity index (χ0) is 16.8. The van der Waals surface area contributed by atoms with E-state index in [2.05, 4.69) is 12.2 Å². The monoisotopic (exact) mass is 317 g/mol. The number of likely N-dealkylation sites (N-methyl/N-ethyl adjacent to an activating group) is 1. The van der Waals surface area contributed by atoms with Crippen LogP contribution in [0.2, 0.25) is 0 Å². The molecule has 0 aromatic heterocycles. The molecule has 126 valence electrons. The third-order valence-electron chi connectivity index (χ3n) is 4.16. The quantitative estimate of drug-likeness (QED) is 0.902. The summed E-state index contributed by atoms with van der Waals surface area (Å²) in [6.07, 6.45) is 2.23. The van der Waals surface area contributed by atoms with Gasteiger partial charge in [0.2, 0.25) is 0 Å². The molecule has 0 radical (unpaired) electrons. The Bertz CT molecular complexity index is 557. The fourth-order valence-electron chi connectivity index (χ4n) is 2.85. The molecule has 2 amide bonds. The Hall–Kier alpha value is -1.88. The van der Waals surface area contributed by atoms with Crippen LogP contribution in [0.5, 0.6) is 0 Å². The summed E-state index contributed by atoms with van der Waals surface area (Å²) >= 11 is 0. The van der Waals surface area contributed by atoms with E-state index in [4.69, 9.17) is 0 Å².